The van der Waals surface area contributed by atoms with E-state index < -0.39 is 0 Å². The highest BCUT2D eigenvalue weighted by atomic mass is 16.1. The lowest BCUT2D eigenvalue weighted by Gasteiger charge is -2.00. The first-order valence-electron chi connectivity index (χ1n) is 6.37. The third kappa shape index (κ3) is 29.2. The van der Waals surface area contributed by atoms with Crippen LogP contribution in [-0.4, -0.2) is 18.2 Å². The lowest BCUT2D eigenvalue weighted by Crippen LogP contribution is -2.20. The Labute approximate surface area is 101 Å². The van der Waals surface area contributed by atoms with Crippen LogP contribution in [0.25, 0.3) is 0 Å². The van der Waals surface area contributed by atoms with Crippen LogP contribution in [0.3, 0.4) is 0 Å². The fraction of sp³-hybridized carbons (Fsp3) is 0.846. The van der Waals surface area contributed by atoms with Crippen molar-refractivity contribution in [1.82, 2.24) is 5.32 Å². The van der Waals surface area contributed by atoms with E-state index in [-0.39, 0.29) is 11.7 Å². The van der Waals surface area contributed by atoms with Gasteiger partial charge in [-0.3, -0.25) is 4.79 Å². The SMILES string of the molecule is CC.CC.CC(=O)CCCCCNC(C)=O. The Kier molecular flexibility index (Phi) is 25.3. The zero-order valence-corrected chi connectivity index (χ0v) is 11.9. The first-order chi connectivity index (χ1) is 7.63. The highest BCUT2D eigenvalue weighted by Crippen LogP contribution is 1.98. The van der Waals surface area contributed by atoms with E-state index in [1.807, 2.05) is 27.7 Å². The van der Waals surface area contributed by atoms with E-state index in [9.17, 15) is 9.59 Å². The molecule has 0 aliphatic carbocycles. The maximum Gasteiger partial charge on any atom is 0.216 e. The van der Waals surface area contributed by atoms with Gasteiger partial charge in [0.1, 0.15) is 5.78 Å². The van der Waals surface area contributed by atoms with Gasteiger partial charge in [-0.2, -0.15) is 0 Å². The van der Waals surface area contributed by atoms with Crippen molar-refractivity contribution in [2.75, 3.05) is 6.54 Å². The molecule has 0 aliphatic heterocycles. The van der Waals surface area contributed by atoms with Gasteiger partial charge in [0.05, 0.1) is 0 Å². The second-order valence-corrected chi connectivity index (χ2v) is 3.00. The Morgan fingerprint density at radius 3 is 1.75 bits per heavy atom. The highest BCUT2D eigenvalue weighted by Gasteiger charge is 1.94. The number of hydrogen-bond acceptors (Lipinski definition) is 2. The first kappa shape index (κ1) is 20.5. The molecule has 0 bridgehead atoms. The van der Waals surface area contributed by atoms with Crippen molar-refractivity contribution in [3.8, 4) is 0 Å². The molecule has 0 aromatic heterocycles. The molecule has 98 valence electrons. The van der Waals surface area contributed by atoms with E-state index in [4.69, 9.17) is 0 Å². The molecule has 1 amide bonds. The van der Waals surface area contributed by atoms with E-state index in [1.54, 1.807) is 6.92 Å². The largest absolute Gasteiger partial charge is 0.356 e. The Balaban J connectivity index is -0.000000376. The third-order valence-corrected chi connectivity index (χ3v) is 1.58. The summed E-state index contributed by atoms with van der Waals surface area (Å²) in [6.07, 6.45) is 3.59. The average molecular weight is 231 g/mol. The van der Waals surface area contributed by atoms with Crippen LogP contribution in [0.5, 0.6) is 0 Å². The molecule has 16 heavy (non-hydrogen) atoms. The van der Waals surface area contributed by atoms with Crippen LogP contribution in [-0.2, 0) is 9.59 Å². The Morgan fingerprint density at radius 2 is 1.38 bits per heavy atom. The highest BCUT2D eigenvalue weighted by molar-refractivity contribution is 5.75. The minimum atomic E-state index is 0.0153. The zero-order valence-electron chi connectivity index (χ0n) is 11.9. The number of carbonyl (C=O) groups excluding carboxylic acids is 2. The van der Waals surface area contributed by atoms with Gasteiger partial charge >= 0.3 is 0 Å². The van der Waals surface area contributed by atoms with Crippen LogP contribution in [0.1, 0.15) is 67.2 Å². The number of hydrogen-bond donors (Lipinski definition) is 1. The number of Topliss-reactive ketones (excluding diaryl/α,β-unsaturated/α-hetero) is 1. The molecule has 0 heterocycles. The predicted octanol–water partition coefficient (Wildman–Crippen LogP) is 3.32. The summed E-state index contributed by atoms with van der Waals surface area (Å²) in [7, 11) is 0. The van der Waals surface area contributed by atoms with Gasteiger partial charge in [0.2, 0.25) is 5.91 Å². The van der Waals surface area contributed by atoms with Gasteiger partial charge in [-0.25, -0.2) is 0 Å². The number of unbranched alkanes of at least 4 members (excludes halogenated alkanes) is 2. The molecule has 0 saturated heterocycles. The summed E-state index contributed by atoms with van der Waals surface area (Å²) >= 11 is 0. The Bertz CT molecular complexity index is 138. The van der Waals surface area contributed by atoms with Gasteiger partial charge in [-0.1, -0.05) is 34.1 Å². The van der Waals surface area contributed by atoms with Gasteiger partial charge in [0, 0.05) is 19.9 Å². The molecule has 0 rings (SSSR count). The van der Waals surface area contributed by atoms with Gasteiger partial charge in [0.25, 0.3) is 0 Å². The molecule has 0 aromatic rings. The minimum absolute atomic E-state index is 0.0153. The second kappa shape index (κ2) is 19.7. The van der Waals surface area contributed by atoms with Crippen LogP contribution in [0, 0.1) is 0 Å². The van der Waals surface area contributed by atoms with Crippen LogP contribution >= 0.6 is 0 Å². The molecule has 0 spiro atoms. The summed E-state index contributed by atoms with van der Waals surface area (Å²) < 4.78 is 0. The van der Waals surface area contributed by atoms with Crippen molar-refractivity contribution in [1.29, 1.82) is 0 Å². The van der Waals surface area contributed by atoms with Crippen LogP contribution < -0.4 is 5.32 Å². The molecule has 0 aromatic carbocycles. The molecule has 0 aliphatic rings. The normalized spacial score (nSPS) is 7.88. The molecule has 3 nitrogen and oxygen atoms in total. The average Bonchev–Trinajstić information content (AvgIpc) is 2.28. The first-order valence-corrected chi connectivity index (χ1v) is 6.37. The smallest absolute Gasteiger partial charge is 0.216 e. The lowest BCUT2D eigenvalue weighted by molar-refractivity contribution is -0.119. The summed E-state index contributed by atoms with van der Waals surface area (Å²) in [6, 6.07) is 0. The molecule has 3 heteroatoms. The summed E-state index contributed by atoms with van der Waals surface area (Å²) in [5.74, 6) is 0.260. The molecular formula is C13H29NO2. The van der Waals surface area contributed by atoms with Crippen LogP contribution in [0.4, 0.5) is 0 Å². The quantitative estimate of drug-likeness (QED) is 0.713. The maximum atomic E-state index is 10.5. The van der Waals surface area contributed by atoms with E-state index in [2.05, 4.69) is 5.32 Å². The summed E-state index contributed by atoms with van der Waals surface area (Å²) in [4.78, 5) is 20.9. The van der Waals surface area contributed by atoms with Crippen molar-refractivity contribution in [3.63, 3.8) is 0 Å². The van der Waals surface area contributed by atoms with E-state index in [0.717, 1.165) is 25.8 Å². The zero-order chi connectivity index (χ0) is 13.4. The van der Waals surface area contributed by atoms with Crippen molar-refractivity contribution >= 4 is 11.7 Å². The van der Waals surface area contributed by atoms with E-state index >= 15 is 0 Å². The standard InChI is InChI=1S/C9H17NO2.2C2H6/c1-8(11)6-4-3-5-7-10-9(2)12;2*1-2/h3-7H2,1-2H3,(H,10,12);2*1-2H3. The monoisotopic (exact) mass is 231 g/mol. The fourth-order valence-corrected chi connectivity index (χ4v) is 0.940. The molecule has 0 atom stereocenters. The number of nitrogens with one attached hydrogen (secondary N) is 1. The topological polar surface area (TPSA) is 46.2 Å². The molecular weight excluding hydrogens is 202 g/mol. The number of amides is 1. The second-order valence-electron chi connectivity index (χ2n) is 3.00. The summed E-state index contributed by atoms with van der Waals surface area (Å²) in [5, 5.41) is 2.71. The van der Waals surface area contributed by atoms with Gasteiger partial charge in [0.15, 0.2) is 0 Å². The third-order valence-electron chi connectivity index (χ3n) is 1.58. The van der Waals surface area contributed by atoms with E-state index in [1.165, 1.54) is 6.92 Å². The number of rotatable bonds is 6. The summed E-state index contributed by atoms with van der Waals surface area (Å²) in [6.45, 7) is 11.8. The Hall–Kier alpha value is -0.860. The van der Waals surface area contributed by atoms with Crippen LogP contribution in [0.15, 0.2) is 0 Å². The lowest BCUT2D eigenvalue weighted by atomic mass is 10.1. The van der Waals surface area contributed by atoms with Crippen molar-refractivity contribution in [3.05, 3.63) is 0 Å². The van der Waals surface area contributed by atoms with E-state index in [0.29, 0.717) is 6.42 Å². The molecule has 0 saturated carbocycles. The Morgan fingerprint density at radius 1 is 0.875 bits per heavy atom. The van der Waals surface area contributed by atoms with Gasteiger partial charge < -0.3 is 10.1 Å². The molecule has 0 radical (unpaired) electrons. The molecule has 1 N–H and O–H groups in total. The maximum absolute atomic E-state index is 10.5. The predicted molar refractivity (Wildman–Crippen MR) is 70.5 cm³/mol. The van der Waals surface area contributed by atoms with Gasteiger partial charge in [-0.05, 0) is 19.8 Å². The molecule has 0 fully saturated rings. The molecule has 0 unspecified atom stereocenters. The van der Waals surface area contributed by atoms with Gasteiger partial charge in [-0.15, -0.1) is 0 Å². The summed E-state index contributed by atoms with van der Waals surface area (Å²) in [5.41, 5.74) is 0. The minimum Gasteiger partial charge on any atom is -0.356 e. The fourth-order valence-electron chi connectivity index (χ4n) is 0.940. The van der Waals surface area contributed by atoms with Crippen molar-refractivity contribution < 1.29 is 9.59 Å². The van der Waals surface area contributed by atoms with Crippen LogP contribution in [0.2, 0.25) is 0 Å². The number of ketones is 1. The van der Waals surface area contributed by atoms with Crippen molar-refractivity contribution in [2.24, 2.45) is 0 Å². The number of carbonyl (C=O) groups is 2. The van der Waals surface area contributed by atoms with Crippen molar-refractivity contribution in [2.45, 2.75) is 67.2 Å².